The molecular weight excluding hydrogens is 150 g/mol. The second kappa shape index (κ2) is 2.73. The summed E-state index contributed by atoms with van der Waals surface area (Å²) in [5.41, 5.74) is 2.51. The van der Waals surface area contributed by atoms with Crippen molar-refractivity contribution >= 4 is 5.82 Å². The van der Waals surface area contributed by atoms with Crippen LogP contribution in [-0.4, -0.2) is 16.5 Å². The molecule has 0 amide bonds. The SMILES string of the molecule is CC(C)c1ncnc2c1CCN2. The van der Waals surface area contributed by atoms with Crippen molar-refractivity contribution in [2.45, 2.75) is 26.2 Å². The van der Waals surface area contributed by atoms with Crippen LogP contribution in [0.1, 0.15) is 31.0 Å². The van der Waals surface area contributed by atoms with Crippen LogP contribution in [0.3, 0.4) is 0 Å². The lowest BCUT2D eigenvalue weighted by Crippen LogP contribution is -1.99. The molecule has 2 heterocycles. The summed E-state index contributed by atoms with van der Waals surface area (Å²) in [5.74, 6) is 1.54. The molecule has 64 valence electrons. The molecule has 3 nitrogen and oxygen atoms in total. The standard InChI is InChI=1S/C9H13N3/c1-6(2)8-7-3-4-10-9(7)12-5-11-8/h5-6H,3-4H2,1-2H3,(H,10,11,12). The average molecular weight is 163 g/mol. The fraction of sp³-hybridized carbons (Fsp3) is 0.556. The predicted molar refractivity (Wildman–Crippen MR) is 48.3 cm³/mol. The molecule has 0 saturated heterocycles. The molecule has 0 radical (unpaired) electrons. The van der Waals surface area contributed by atoms with E-state index in [2.05, 4.69) is 29.1 Å². The molecule has 0 bridgehead atoms. The lowest BCUT2D eigenvalue weighted by atomic mass is 10.0. The molecule has 0 fully saturated rings. The van der Waals surface area contributed by atoms with Gasteiger partial charge in [-0.2, -0.15) is 0 Å². The Morgan fingerprint density at radius 3 is 3.00 bits per heavy atom. The predicted octanol–water partition coefficient (Wildman–Crippen LogP) is 1.57. The van der Waals surface area contributed by atoms with Crippen molar-refractivity contribution in [3.05, 3.63) is 17.6 Å². The largest absolute Gasteiger partial charge is 0.369 e. The zero-order chi connectivity index (χ0) is 8.55. The Hall–Kier alpha value is -1.12. The molecule has 2 rings (SSSR count). The fourth-order valence-corrected chi connectivity index (χ4v) is 1.63. The van der Waals surface area contributed by atoms with Crippen LogP contribution in [0.15, 0.2) is 6.33 Å². The van der Waals surface area contributed by atoms with Crippen LogP contribution in [0.4, 0.5) is 5.82 Å². The smallest absolute Gasteiger partial charge is 0.132 e. The van der Waals surface area contributed by atoms with E-state index >= 15 is 0 Å². The van der Waals surface area contributed by atoms with E-state index in [1.165, 1.54) is 11.3 Å². The van der Waals surface area contributed by atoms with Crippen molar-refractivity contribution in [3.8, 4) is 0 Å². The Kier molecular flexibility index (Phi) is 1.71. The van der Waals surface area contributed by atoms with Crippen LogP contribution in [0.5, 0.6) is 0 Å². The maximum absolute atomic E-state index is 4.30. The molecular formula is C9H13N3. The van der Waals surface area contributed by atoms with E-state index in [1.54, 1.807) is 6.33 Å². The molecule has 1 aliphatic heterocycles. The van der Waals surface area contributed by atoms with Gasteiger partial charge in [0.15, 0.2) is 0 Å². The minimum absolute atomic E-state index is 0.502. The monoisotopic (exact) mass is 163 g/mol. The Morgan fingerprint density at radius 1 is 1.42 bits per heavy atom. The summed E-state index contributed by atoms with van der Waals surface area (Å²) in [6.45, 7) is 5.34. The molecule has 12 heavy (non-hydrogen) atoms. The number of nitrogens with one attached hydrogen (secondary N) is 1. The summed E-state index contributed by atoms with van der Waals surface area (Å²) in [7, 11) is 0. The molecule has 1 aliphatic rings. The van der Waals surface area contributed by atoms with E-state index in [0.717, 1.165) is 18.8 Å². The first kappa shape index (κ1) is 7.53. The zero-order valence-electron chi connectivity index (χ0n) is 7.46. The Balaban J connectivity index is 2.49. The molecule has 0 saturated carbocycles. The van der Waals surface area contributed by atoms with E-state index in [9.17, 15) is 0 Å². The van der Waals surface area contributed by atoms with Crippen molar-refractivity contribution in [1.82, 2.24) is 9.97 Å². The summed E-state index contributed by atoms with van der Waals surface area (Å²) < 4.78 is 0. The van der Waals surface area contributed by atoms with Gasteiger partial charge >= 0.3 is 0 Å². The molecule has 3 heteroatoms. The lowest BCUT2D eigenvalue weighted by molar-refractivity contribution is 0.798. The third-order valence-electron chi connectivity index (χ3n) is 2.19. The van der Waals surface area contributed by atoms with Gasteiger partial charge in [-0.15, -0.1) is 0 Å². The van der Waals surface area contributed by atoms with Gasteiger partial charge in [0.2, 0.25) is 0 Å². The summed E-state index contributed by atoms with van der Waals surface area (Å²) in [6.07, 6.45) is 2.72. The number of aromatic nitrogens is 2. The first-order valence-electron chi connectivity index (χ1n) is 4.36. The van der Waals surface area contributed by atoms with Gasteiger partial charge in [-0.3, -0.25) is 0 Å². The normalized spacial score (nSPS) is 14.6. The summed E-state index contributed by atoms with van der Waals surface area (Å²) in [4.78, 5) is 8.48. The van der Waals surface area contributed by atoms with Crippen molar-refractivity contribution in [2.75, 3.05) is 11.9 Å². The van der Waals surface area contributed by atoms with E-state index in [1.807, 2.05) is 0 Å². The Bertz CT molecular complexity index is 294. The highest BCUT2D eigenvalue weighted by atomic mass is 15.0. The molecule has 0 spiro atoms. The second-order valence-electron chi connectivity index (χ2n) is 3.42. The Labute approximate surface area is 72.2 Å². The molecule has 0 aromatic carbocycles. The molecule has 1 aromatic rings. The molecule has 0 aliphatic carbocycles. The van der Waals surface area contributed by atoms with E-state index in [4.69, 9.17) is 0 Å². The molecule has 1 N–H and O–H groups in total. The summed E-state index contributed by atoms with van der Waals surface area (Å²) >= 11 is 0. The number of anilines is 1. The molecule has 0 unspecified atom stereocenters. The quantitative estimate of drug-likeness (QED) is 0.682. The van der Waals surface area contributed by atoms with Crippen molar-refractivity contribution < 1.29 is 0 Å². The van der Waals surface area contributed by atoms with Crippen LogP contribution < -0.4 is 5.32 Å². The van der Waals surface area contributed by atoms with Gasteiger partial charge in [0.05, 0.1) is 5.69 Å². The minimum atomic E-state index is 0.502. The van der Waals surface area contributed by atoms with Crippen LogP contribution in [0, 0.1) is 0 Å². The third-order valence-corrected chi connectivity index (χ3v) is 2.19. The zero-order valence-corrected chi connectivity index (χ0v) is 7.46. The number of hydrogen-bond acceptors (Lipinski definition) is 3. The molecule has 1 aromatic heterocycles. The van der Waals surface area contributed by atoms with Crippen LogP contribution >= 0.6 is 0 Å². The average Bonchev–Trinajstić information content (AvgIpc) is 2.49. The maximum Gasteiger partial charge on any atom is 0.132 e. The Morgan fingerprint density at radius 2 is 2.25 bits per heavy atom. The maximum atomic E-state index is 4.30. The van der Waals surface area contributed by atoms with Gasteiger partial charge in [0.1, 0.15) is 12.1 Å². The summed E-state index contributed by atoms with van der Waals surface area (Å²) in [5, 5.41) is 3.24. The van der Waals surface area contributed by atoms with Crippen LogP contribution in [-0.2, 0) is 6.42 Å². The first-order chi connectivity index (χ1) is 5.79. The van der Waals surface area contributed by atoms with Crippen molar-refractivity contribution in [2.24, 2.45) is 0 Å². The van der Waals surface area contributed by atoms with E-state index in [0.29, 0.717) is 5.92 Å². The minimum Gasteiger partial charge on any atom is -0.369 e. The second-order valence-corrected chi connectivity index (χ2v) is 3.42. The van der Waals surface area contributed by atoms with E-state index < -0.39 is 0 Å². The van der Waals surface area contributed by atoms with Gasteiger partial charge in [-0.1, -0.05) is 13.8 Å². The first-order valence-corrected chi connectivity index (χ1v) is 4.36. The number of nitrogens with zero attached hydrogens (tertiary/aromatic N) is 2. The van der Waals surface area contributed by atoms with Gasteiger partial charge in [0, 0.05) is 12.1 Å². The van der Waals surface area contributed by atoms with E-state index in [-0.39, 0.29) is 0 Å². The number of rotatable bonds is 1. The highest BCUT2D eigenvalue weighted by Crippen LogP contribution is 2.25. The number of hydrogen-bond donors (Lipinski definition) is 1. The lowest BCUT2D eigenvalue weighted by Gasteiger charge is -2.07. The molecule has 0 atom stereocenters. The van der Waals surface area contributed by atoms with Crippen molar-refractivity contribution in [1.29, 1.82) is 0 Å². The topological polar surface area (TPSA) is 37.8 Å². The van der Waals surface area contributed by atoms with Crippen molar-refractivity contribution in [3.63, 3.8) is 0 Å². The van der Waals surface area contributed by atoms with Gasteiger partial charge in [-0.25, -0.2) is 9.97 Å². The third kappa shape index (κ3) is 1.05. The number of fused-ring (bicyclic) bond motifs is 1. The van der Waals surface area contributed by atoms with Crippen LogP contribution in [0.2, 0.25) is 0 Å². The highest BCUT2D eigenvalue weighted by Gasteiger charge is 2.17. The summed E-state index contributed by atoms with van der Waals surface area (Å²) in [6, 6.07) is 0. The fourth-order valence-electron chi connectivity index (χ4n) is 1.63. The van der Waals surface area contributed by atoms with Crippen LogP contribution in [0.25, 0.3) is 0 Å². The van der Waals surface area contributed by atoms with Gasteiger partial charge in [0.25, 0.3) is 0 Å². The van der Waals surface area contributed by atoms with Gasteiger partial charge in [-0.05, 0) is 12.3 Å². The van der Waals surface area contributed by atoms with Gasteiger partial charge < -0.3 is 5.32 Å². The highest BCUT2D eigenvalue weighted by molar-refractivity contribution is 5.51.